The Morgan fingerprint density at radius 1 is 0.833 bits per heavy atom. The molecule has 0 aromatic carbocycles. The number of amides is 2. The number of aliphatic hydroxyl groups excluding tert-OH is 4. The first-order valence-corrected chi connectivity index (χ1v) is 5.35. The van der Waals surface area contributed by atoms with E-state index in [0.29, 0.717) is 5.82 Å². The van der Waals surface area contributed by atoms with Gasteiger partial charge in [0.05, 0.1) is 0 Å². The van der Waals surface area contributed by atoms with Gasteiger partial charge in [-0.05, 0) is 0 Å². The van der Waals surface area contributed by atoms with Crippen LogP contribution >= 0.6 is 0 Å². The van der Waals surface area contributed by atoms with Crippen LogP contribution in [0.5, 0.6) is 0 Å². The summed E-state index contributed by atoms with van der Waals surface area (Å²) >= 11 is 0. The van der Waals surface area contributed by atoms with Gasteiger partial charge in [-0.15, -0.1) is 0 Å². The molecule has 4 N–H and O–H groups in total. The van der Waals surface area contributed by atoms with E-state index in [2.05, 4.69) is 6.58 Å². The third kappa shape index (κ3) is 1.45. The molecule has 0 aromatic rings. The van der Waals surface area contributed by atoms with E-state index in [9.17, 15) is 25.2 Å². The number of fused-ring (bicyclic) bond motifs is 1. The summed E-state index contributed by atoms with van der Waals surface area (Å²) in [5.41, 5.74) is 0. The zero-order valence-corrected chi connectivity index (χ0v) is 9.68. The van der Waals surface area contributed by atoms with Gasteiger partial charge in [0.25, 0.3) is 0 Å². The fourth-order valence-electron chi connectivity index (χ4n) is 2.46. The molecule has 2 heterocycles. The third-order valence-corrected chi connectivity index (χ3v) is 3.31. The minimum Gasteiger partial charge on any atom is -0.376 e. The zero-order chi connectivity index (χ0) is 13.4. The Bertz CT molecular complexity index is 303. The normalized spacial score (nSPS) is 27.6. The topological polar surface area (TPSA) is 111 Å². The van der Waals surface area contributed by atoms with Crippen molar-refractivity contribution in [2.45, 2.75) is 12.3 Å². The molecule has 2 aliphatic heterocycles. The minimum absolute atomic E-state index is 0.319. The molecule has 0 aromatic heterocycles. The van der Waals surface area contributed by atoms with Gasteiger partial charge >= 0.3 is 6.03 Å². The van der Waals surface area contributed by atoms with Crippen molar-refractivity contribution < 1.29 is 25.2 Å². The van der Waals surface area contributed by atoms with Gasteiger partial charge in [-0.1, -0.05) is 6.58 Å². The highest BCUT2D eigenvalue weighted by atomic mass is 16.3. The molecule has 2 unspecified atom stereocenters. The van der Waals surface area contributed by atoms with E-state index in [1.165, 1.54) is 9.80 Å². The van der Waals surface area contributed by atoms with Crippen LogP contribution in [0.15, 0.2) is 12.4 Å². The number of urea groups is 1. The van der Waals surface area contributed by atoms with Gasteiger partial charge < -0.3 is 30.2 Å². The molecule has 0 saturated carbocycles. The highest BCUT2D eigenvalue weighted by molar-refractivity contribution is 5.78. The molecule has 0 spiro atoms. The van der Waals surface area contributed by atoms with E-state index in [1.807, 2.05) is 0 Å². The van der Waals surface area contributed by atoms with E-state index in [4.69, 9.17) is 0 Å². The van der Waals surface area contributed by atoms with Crippen LogP contribution < -0.4 is 0 Å². The number of carbonyl (C=O) groups excluding carboxylic acids is 1. The fraction of sp³-hybridized carbons (Fsp3) is 0.667. The molecule has 2 rings (SSSR count). The monoisotopic (exact) mass is 260 g/mol. The fourth-order valence-corrected chi connectivity index (χ4v) is 2.46. The Morgan fingerprint density at radius 3 is 1.44 bits per heavy atom. The van der Waals surface area contributed by atoms with Crippen LogP contribution in [0, 0.1) is 0 Å². The summed E-state index contributed by atoms with van der Waals surface area (Å²) in [4.78, 5) is 16.8. The van der Waals surface area contributed by atoms with Gasteiger partial charge in [0, 0.05) is 0 Å². The first-order valence-electron chi connectivity index (χ1n) is 5.35. The van der Waals surface area contributed by atoms with Crippen LogP contribution in [0.3, 0.4) is 0 Å². The van der Waals surface area contributed by atoms with Crippen LogP contribution in [-0.4, -0.2) is 85.3 Å². The average Bonchev–Trinajstić information content (AvgIpc) is 2.78. The van der Waals surface area contributed by atoms with Crippen molar-refractivity contribution in [2.75, 3.05) is 26.9 Å². The quantitative estimate of drug-likeness (QED) is 0.434. The summed E-state index contributed by atoms with van der Waals surface area (Å²) in [6.07, 6.45) is -1.39. The van der Waals surface area contributed by atoms with E-state index in [1.54, 1.807) is 0 Å². The maximum Gasteiger partial charge on any atom is 0.327 e. The van der Waals surface area contributed by atoms with Gasteiger partial charge in [-0.25, -0.2) is 4.79 Å². The highest BCUT2D eigenvalue weighted by Crippen LogP contribution is 2.37. The molecule has 9 nitrogen and oxygen atoms in total. The lowest BCUT2D eigenvalue weighted by atomic mass is 10.3. The van der Waals surface area contributed by atoms with Gasteiger partial charge in [-0.2, -0.15) is 0 Å². The smallest absolute Gasteiger partial charge is 0.327 e. The molecule has 9 heteroatoms. The van der Waals surface area contributed by atoms with Crippen molar-refractivity contribution in [3.05, 3.63) is 12.4 Å². The molecule has 0 aliphatic carbocycles. The molecule has 102 valence electrons. The van der Waals surface area contributed by atoms with Gasteiger partial charge in [0.2, 0.25) is 0 Å². The average molecular weight is 260 g/mol. The van der Waals surface area contributed by atoms with E-state index >= 15 is 0 Å². The summed E-state index contributed by atoms with van der Waals surface area (Å²) in [5, 5.41) is 37.1. The van der Waals surface area contributed by atoms with E-state index in [0.717, 1.165) is 9.80 Å². The van der Waals surface area contributed by atoms with Crippen molar-refractivity contribution in [1.29, 1.82) is 0 Å². The number of carbonyl (C=O) groups is 1. The number of hydrogen-bond donors (Lipinski definition) is 4. The van der Waals surface area contributed by atoms with E-state index < -0.39 is 45.3 Å². The third-order valence-electron chi connectivity index (χ3n) is 3.31. The van der Waals surface area contributed by atoms with Crippen molar-refractivity contribution >= 4 is 6.03 Å². The molecule has 2 amide bonds. The van der Waals surface area contributed by atoms with Gasteiger partial charge in [-0.3, -0.25) is 9.80 Å². The predicted molar refractivity (Wildman–Crippen MR) is 57.8 cm³/mol. The maximum absolute atomic E-state index is 11.9. The van der Waals surface area contributed by atoms with Gasteiger partial charge in [0.15, 0.2) is 12.3 Å². The zero-order valence-electron chi connectivity index (χ0n) is 9.68. The number of hydrogen-bond acceptors (Lipinski definition) is 7. The molecule has 18 heavy (non-hydrogen) atoms. The second-order valence-corrected chi connectivity index (χ2v) is 3.97. The molecule has 2 fully saturated rings. The SMILES string of the molecule is C=C1N(CO)C2C(N1CO)N(CO)C(=O)N2CO. The first-order chi connectivity index (χ1) is 8.62. The lowest BCUT2D eigenvalue weighted by molar-refractivity contribution is 0.0133. The summed E-state index contributed by atoms with van der Waals surface area (Å²) in [5.74, 6) is 0.319. The summed E-state index contributed by atoms with van der Waals surface area (Å²) in [6, 6.07) is -0.570. The molecular formula is C9H16N4O5. The lowest BCUT2D eigenvalue weighted by Gasteiger charge is -2.29. The maximum atomic E-state index is 11.9. The largest absolute Gasteiger partial charge is 0.376 e. The van der Waals surface area contributed by atoms with Crippen LogP contribution in [0.2, 0.25) is 0 Å². The standard InChI is InChI=1S/C9H16N4O5/c1-6-10(2-14)7-8(11(6)3-15)13(5-17)9(18)12(7)4-16/h7-8,14-17H,1-5H2. The number of rotatable bonds is 4. The Morgan fingerprint density at radius 2 is 1.17 bits per heavy atom. The molecule has 0 bridgehead atoms. The van der Waals surface area contributed by atoms with Crippen molar-refractivity contribution in [3.63, 3.8) is 0 Å². The van der Waals surface area contributed by atoms with Crippen molar-refractivity contribution in [2.24, 2.45) is 0 Å². The molecular weight excluding hydrogens is 244 g/mol. The lowest BCUT2D eigenvalue weighted by Crippen LogP contribution is -2.46. The molecule has 2 atom stereocenters. The Hall–Kier alpha value is -1.55. The Labute approximate surface area is 103 Å². The predicted octanol–water partition coefficient (Wildman–Crippen LogP) is -2.74. The van der Waals surface area contributed by atoms with Crippen LogP contribution in [0.25, 0.3) is 0 Å². The van der Waals surface area contributed by atoms with Crippen molar-refractivity contribution in [1.82, 2.24) is 19.6 Å². The van der Waals surface area contributed by atoms with Crippen LogP contribution in [-0.2, 0) is 0 Å². The number of aliphatic hydroxyl groups is 4. The van der Waals surface area contributed by atoms with E-state index in [-0.39, 0.29) is 0 Å². The second kappa shape index (κ2) is 4.61. The molecule has 2 aliphatic rings. The molecule has 0 radical (unpaired) electrons. The first kappa shape index (κ1) is 12.9. The summed E-state index contributed by atoms with van der Waals surface area (Å²) < 4.78 is 0. The second-order valence-electron chi connectivity index (χ2n) is 3.97. The number of nitrogens with zero attached hydrogens (tertiary/aromatic N) is 4. The van der Waals surface area contributed by atoms with Crippen LogP contribution in [0.4, 0.5) is 4.79 Å². The Kier molecular flexibility index (Phi) is 3.30. The summed E-state index contributed by atoms with van der Waals surface area (Å²) in [7, 11) is 0. The van der Waals surface area contributed by atoms with Crippen molar-refractivity contribution in [3.8, 4) is 0 Å². The van der Waals surface area contributed by atoms with Gasteiger partial charge in [0.1, 0.15) is 32.7 Å². The summed E-state index contributed by atoms with van der Waals surface area (Å²) in [6.45, 7) is 1.76. The highest BCUT2D eigenvalue weighted by Gasteiger charge is 2.56. The minimum atomic E-state index is -0.695. The van der Waals surface area contributed by atoms with Crippen LogP contribution in [0.1, 0.15) is 0 Å². The Balaban J connectivity index is 2.41. The molecule has 2 saturated heterocycles.